The maximum Gasteiger partial charge on any atom is 0.261 e. The van der Waals surface area contributed by atoms with Gasteiger partial charge in [0.05, 0.1) is 4.90 Å². The Balaban J connectivity index is 2.23. The average molecular weight is 316 g/mol. The zero-order chi connectivity index (χ0) is 15.1. The van der Waals surface area contributed by atoms with Crippen LogP contribution in [0, 0.1) is 25.7 Å². The van der Waals surface area contributed by atoms with E-state index in [4.69, 9.17) is 10.7 Å². The van der Waals surface area contributed by atoms with E-state index in [1.807, 2.05) is 0 Å². The quantitative estimate of drug-likeness (QED) is 0.869. The first-order valence-corrected chi connectivity index (χ1v) is 8.85. The van der Waals surface area contributed by atoms with Gasteiger partial charge in [-0.3, -0.25) is 4.79 Å². The van der Waals surface area contributed by atoms with Gasteiger partial charge in [-0.1, -0.05) is 6.92 Å². The van der Waals surface area contributed by atoms with Crippen molar-refractivity contribution < 1.29 is 13.2 Å². The minimum absolute atomic E-state index is 0.00380. The number of carbonyl (C=O) groups excluding carboxylic acids is 1. The molecule has 0 spiro atoms. The van der Waals surface area contributed by atoms with Crippen LogP contribution in [0.4, 0.5) is 0 Å². The molecule has 110 valence electrons. The fraction of sp³-hybridized carbons (Fsp3) is 0.500. The summed E-state index contributed by atoms with van der Waals surface area (Å²) in [7, 11) is 1.56. The zero-order valence-corrected chi connectivity index (χ0v) is 13.3. The molecule has 6 heteroatoms. The molecule has 20 heavy (non-hydrogen) atoms. The first kappa shape index (κ1) is 15.3. The number of benzene rings is 1. The van der Waals surface area contributed by atoms with E-state index in [1.165, 1.54) is 6.07 Å². The Labute approximate surface area is 123 Å². The Morgan fingerprint density at radius 1 is 1.40 bits per heavy atom. The second-order valence-corrected chi connectivity index (χ2v) is 8.07. The van der Waals surface area contributed by atoms with Gasteiger partial charge in [-0.2, -0.15) is 0 Å². The molecule has 1 N–H and O–H groups in total. The summed E-state index contributed by atoms with van der Waals surface area (Å²) in [4.78, 5) is 12.1. The SMILES string of the molecule is Cc1cc(C(=O)NCC2CC2C)cc(S(=O)(=O)Cl)c1C. The minimum Gasteiger partial charge on any atom is -0.352 e. The number of carbonyl (C=O) groups is 1. The number of aryl methyl sites for hydroxylation is 1. The van der Waals surface area contributed by atoms with Crippen LogP contribution < -0.4 is 5.32 Å². The highest BCUT2D eigenvalue weighted by Crippen LogP contribution is 2.36. The fourth-order valence-corrected chi connectivity index (χ4v) is 3.50. The molecule has 4 nitrogen and oxygen atoms in total. The normalized spacial score (nSPS) is 21.6. The maximum atomic E-state index is 12.1. The molecular weight excluding hydrogens is 298 g/mol. The number of nitrogens with one attached hydrogen (secondary N) is 1. The van der Waals surface area contributed by atoms with Gasteiger partial charge in [0.2, 0.25) is 0 Å². The van der Waals surface area contributed by atoms with Gasteiger partial charge in [-0.05, 0) is 55.4 Å². The molecule has 0 saturated heterocycles. The molecule has 1 aromatic rings. The molecule has 1 saturated carbocycles. The van der Waals surface area contributed by atoms with Gasteiger partial charge in [0, 0.05) is 22.8 Å². The summed E-state index contributed by atoms with van der Waals surface area (Å²) < 4.78 is 23.1. The second kappa shape index (κ2) is 5.37. The summed E-state index contributed by atoms with van der Waals surface area (Å²) in [6, 6.07) is 3.03. The van der Waals surface area contributed by atoms with Gasteiger partial charge in [-0.15, -0.1) is 0 Å². The van der Waals surface area contributed by atoms with Crippen LogP contribution >= 0.6 is 10.7 Å². The van der Waals surface area contributed by atoms with E-state index in [0.717, 1.165) is 12.0 Å². The van der Waals surface area contributed by atoms with Crippen LogP contribution in [0.2, 0.25) is 0 Å². The predicted molar refractivity (Wildman–Crippen MR) is 78.6 cm³/mol. The standard InChI is InChI=1S/C14H18ClNO3S/c1-8-4-11(6-13(10(8)3)20(15,18)19)14(17)16-7-12-5-9(12)2/h4,6,9,12H,5,7H2,1-3H3,(H,16,17). The minimum atomic E-state index is -3.85. The van der Waals surface area contributed by atoms with Crippen molar-refractivity contribution in [1.82, 2.24) is 5.32 Å². The maximum absolute atomic E-state index is 12.1. The highest BCUT2D eigenvalue weighted by molar-refractivity contribution is 8.13. The molecule has 1 fully saturated rings. The molecule has 1 aliphatic rings. The number of rotatable bonds is 4. The molecular formula is C14H18ClNO3S. The lowest BCUT2D eigenvalue weighted by molar-refractivity contribution is 0.0951. The molecule has 1 aromatic carbocycles. The molecule has 1 amide bonds. The van der Waals surface area contributed by atoms with Crippen molar-refractivity contribution in [3.8, 4) is 0 Å². The second-order valence-electron chi connectivity index (χ2n) is 5.54. The predicted octanol–water partition coefficient (Wildman–Crippen LogP) is 2.62. The van der Waals surface area contributed by atoms with Gasteiger partial charge in [-0.25, -0.2) is 8.42 Å². The summed E-state index contributed by atoms with van der Waals surface area (Å²) >= 11 is 0. The molecule has 2 atom stereocenters. The first-order chi connectivity index (χ1) is 9.20. The third-order valence-electron chi connectivity index (χ3n) is 3.95. The number of halogens is 1. The van der Waals surface area contributed by atoms with Crippen molar-refractivity contribution in [2.45, 2.75) is 32.1 Å². The zero-order valence-electron chi connectivity index (χ0n) is 11.7. The van der Waals surface area contributed by atoms with Gasteiger partial charge in [0.1, 0.15) is 0 Å². The van der Waals surface area contributed by atoms with Crippen molar-refractivity contribution in [3.05, 3.63) is 28.8 Å². The lowest BCUT2D eigenvalue weighted by Gasteiger charge is -2.10. The molecule has 2 unspecified atom stereocenters. The summed E-state index contributed by atoms with van der Waals surface area (Å²) in [5.74, 6) is 0.948. The Bertz CT molecular complexity index is 655. The van der Waals surface area contributed by atoms with E-state index in [2.05, 4.69) is 12.2 Å². The van der Waals surface area contributed by atoms with Crippen LogP contribution in [-0.4, -0.2) is 20.9 Å². The number of hydrogen-bond acceptors (Lipinski definition) is 3. The van der Waals surface area contributed by atoms with Crippen molar-refractivity contribution in [2.75, 3.05) is 6.54 Å². The van der Waals surface area contributed by atoms with Crippen LogP contribution in [0.25, 0.3) is 0 Å². The molecule has 0 bridgehead atoms. The van der Waals surface area contributed by atoms with Crippen molar-refractivity contribution in [2.24, 2.45) is 11.8 Å². The summed E-state index contributed by atoms with van der Waals surface area (Å²) in [6.07, 6.45) is 1.13. The third-order valence-corrected chi connectivity index (χ3v) is 5.39. The molecule has 2 rings (SSSR count). The molecule has 0 aliphatic heterocycles. The van der Waals surface area contributed by atoms with E-state index in [0.29, 0.717) is 29.5 Å². The van der Waals surface area contributed by atoms with Gasteiger partial charge < -0.3 is 5.32 Å². The van der Waals surface area contributed by atoms with Crippen LogP contribution in [0.3, 0.4) is 0 Å². The topological polar surface area (TPSA) is 63.2 Å². The molecule has 0 radical (unpaired) electrons. The van der Waals surface area contributed by atoms with Crippen LogP contribution in [0.1, 0.15) is 34.8 Å². The Hall–Kier alpha value is -1.07. The van der Waals surface area contributed by atoms with Gasteiger partial charge >= 0.3 is 0 Å². The summed E-state index contributed by atoms with van der Waals surface area (Å²) in [6.45, 7) is 6.22. The lowest BCUT2D eigenvalue weighted by Crippen LogP contribution is -2.26. The molecule has 1 aliphatic carbocycles. The largest absolute Gasteiger partial charge is 0.352 e. The fourth-order valence-electron chi connectivity index (χ4n) is 2.22. The smallest absolute Gasteiger partial charge is 0.261 e. The van der Waals surface area contributed by atoms with E-state index in [-0.39, 0.29) is 10.8 Å². The van der Waals surface area contributed by atoms with Gasteiger partial charge in [0.25, 0.3) is 15.0 Å². The van der Waals surface area contributed by atoms with E-state index < -0.39 is 9.05 Å². The molecule has 0 aromatic heterocycles. The first-order valence-electron chi connectivity index (χ1n) is 6.54. The Morgan fingerprint density at radius 2 is 2.00 bits per heavy atom. The van der Waals surface area contributed by atoms with Crippen molar-refractivity contribution >= 4 is 25.6 Å². The number of hydrogen-bond donors (Lipinski definition) is 1. The van der Waals surface area contributed by atoms with Crippen molar-refractivity contribution in [1.29, 1.82) is 0 Å². The summed E-state index contributed by atoms with van der Waals surface area (Å²) in [5, 5.41) is 2.84. The van der Waals surface area contributed by atoms with Crippen LogP contribution in [0.5, 0.6) is 0 Å². The number of amides is 1. The summed E-state index contributed by atoms with van der Waals surface area (Å²) in [5.41, 5.74) is 1.64. The highest BCUT2D eigenvalue weighted by Gasteiger charge is 2.32. The average Bonchev–Trinajstić information content (AvgIpc) is 3.04. The van der Waals surface area contributed by atoms with Crippen LogP contribution in [-0.2, 0) is 9.05 Å². The van der Waals surface area contributed by atoms with E-state index in [9.17, 15) is 13.2 Å². The van der Waals surface area contributed by atoms with E-state index >= 15 is 0 Å². The van der Waals surface area contributed by atoms with Crippen molar-refractivity contribution in [3.63, 3.8) is 0 Å². The van der Waals surface area contributed by atoms with Crippen LogP contribution in [0.15, 0.2) is 17.0 Å². The lowest BCUT2D eigenvalue weighted by atomic mass is 10.1. The Morgan fingerprint density at radius 3 is 2.50 bits per heavy atom. The highest BCUT2D eigenvalue weighted by atomic mass is 35.7. The monoisotopic (exact) mass is 315 g/mol. The molecule has 0 heterocycles. The van der Waals surface area contributed by atoms with Gasteiger partial charge in [0.15, 0.2) is 0 Å². The third kappa shape index (κ3) is 3.33. The van der Waals surface area contributed by atoms with E-state index in [1.54, 1.807) is 19.9 Å². The Kier molecular flexibility index (Phi) is 4.12.